The second-order valence-electron chi connectivity index (χ2n) is 4.25. The van der Waals surface area contributed by atoms with Crippen molar-refractivity contribution in [3.63, 3.8) is 0 Å². The van der Waals surface area contributed by atoms with Crippen LogP contribution in [0.25, 0.3) is 0 Å². The molecule has 1 aliphatic rings. The number of nitrogens with one attached hydrogen (secondary N) is 1. The molecule has 0 spiro atoms. The fraction of sp³-hybridized carbons (Fsp3) is 0.636. The normalized spacial score (nSPS) is 17.9. The number of hydrogen-bond donors (Lipinski definition) is 1. The van der Waals surface area contributed by atoms with Crippen LogP contribution in [0.3, 0.4) is 0 Å². The smallest absolute Gasteiger partial charge is 0.303 e. The Kier molecular flexibility index (Phi) is 3.04. The number of nitrogens with zero attached hydrogens (tertiary/aromatic N) is 1. The van der Waals surface area contributed by atoms with E-state index in [1.165, 1.54) is 49.0 Å². The van der Waals surface area contributed by atoms with Crippen molar-refractivity contribution in [1.29, 1.82) is 0 Å². The average Bonchev–Trinajstić information content (AvgIpc) is 2.26. The van der Waals surface area contributed by atoms with Crippen molar-refractivity contribution in [1.82, 2.24) is 9.78 Å². The topological polar surface area (TPSA) is 54.9 Å². The van der Waals surface area contributed by atoms with Gasteiger partial charge in [0.05, 0.1) is 0 Å². The molecule has 1 aliphatic carbocycles. The van der Waals surface area contributed by atoms with Crippen molar-refractivity contribution in [2.24, 2.45) is 5.92 Å². The Balaban J connectivity index is 2.13. The van der Waals surface area contributed by atoms with Crippen molar-refractivity contribution in [2.75, 3.05) is 0 Å². The lowest BCUT2D eigenvalue weighted by Crippen LogP contribution is -2.36. The van der Waals surface area contributed by atoms with Gasteiger partial charge in [-0.05, 0) is 18.8 Å². The highest BCUT2D eigenvalue weighted by Crippen LogP contribution is 2.24. The van der Waals surface area contributed by atoms with Crippen LogP contribution in [0.5, 0.6) is 0 Å². The molecule has 4 nitrogen and oxygen atoms in total. The molecule has 0 unspecified atom stereocenters. The molecule has 82 valence electrons. The molecule has 1 fully saturated rings. The fourth-order valence-electron chi connectivity index (χ4n) is 2.23. The van der Waals surface area contributed by atoms with E-state index in [1.54, 1.807) is 0 Å². The van der Waals surface area contributed by atoms with Crippen molar-refractivity contribution in [2.45, 2.75) is 38.6 Å². The summed E-state index contributed by atoms with van der Waals surface area (Å²) in [4.78, 5) is 22.6. The maximum absolute atomic E-state index is 11.5. The molecule has 0 aliphatic heterocycles. The van der Waals surface area contributed by atoms with E-state index in [1.807, 2.05) is 0 Å². The maximum atomic E-state index is 11.5. The minimum atomic E-state index is -0.428. The van der Waals surface area contributed by atoms with E-state index in [9.17, 15) is 9.59 Å². The number of aromatic nitrogens is 2. The minimum Gasteiger partial charge on any atom is -0.303 e. The van der Waals surface area contributed by atoms with Crippen LogP contribution in [0.1, 0.15) is 32.1 Å². The summed E-state index contributed by atoms with van der Waals surface area (Å²) in [6.07, 6.45) is 7.67. The summed E-state index contributed by atoms with van der Waals surface area (Å²) in [5.74, 6) is 0.550. The first kappa shape index (κ1) is 10.2. The maximum Gasteiger partial charge on any atom is 0.312 e. The van der Waals surface area contributed by atoms with Crippen LogP contribution in [0.15, 0.2) is 21.9 Å². The summed E-state index contributed by atoms with van der Waals surface area (Å²) < 4.78 is 1.44. The zero-order chi connectivity index (χ0) is 10.7. The zero-order valence-electron chi connectivity index (χ0n) is 8.74. The van der Waals surface area contributed by atoms with Gasteiger partial charge in [-0.3, -0.25) is 9.59 Å². The summed E-state index contributed by atoms with van der Waals surface area (Å²) in [6, 6.07) is 1.28. The molecular weight excluding hydrogens is 192 g/mol. The molecule has 1 N–H and O–H groups in total. The minimum absolute atomic E-state index is 0.426. The second kappa shape index (κ2) is 4.47. The van der Waals surface area contributed by atoms with E-state index in [4.69, 9.17) is 0 Å². The summed E-state index contributed by atoms with van der Waals surface area (Å²) in [5, 5.41) is 2.83. The molecule has 15 heavy (non-hydrogen) atoms. The van der Waals surface area contributed by atoms with Gasteiger partial charge in [0.1, 0.15) is 0 Å². The van der Waals surface area contributed by atoms with Gasteiger partial charge in [0.15, 0.2) is 0 Å². The third kappa shape index (κ3) is 2.37. The van der Waals surface area contributed by atoms with Gasteiger partial charge in [-0.25, -0.2) is 4.68 Å². The lowest BCUT2D eigenvalue weighted by molar-refractivity contribution is 0.302. The first-order valence-corrected chi connectivity index (χ1v) is 5.56. The Morgan fingerprint density at radius 1 is 1.27 bits per heavy atom. The predicted octanol–water partition coefficient (Wildman–Crippen LogP) is 1.12. The highest BCUT2D eigenvalue weighted by molar-refractivity contribution is 4.87. The van der Waals surface area contributed by atoms with Crippen molar-refractivity contribution < 1.29 is 0 Å². The van der Waals surface area contributed by atoms with Crippen LogP contribution in [0.2, 0.25) is 0 Å². The molecule has 0 saturated heterocycles. The zero-order valence-corrected chi connectivity index (χ0v) is 8.74. The summed E-state index contributed by atoms with van der Waals surface area (Å²) in [7, 11) is 0. The van der Waals surface area contributed by atoms with Crippen LogP contribution in [-0.4, -0.2) is 9.78 Å². The molecule has 0 amide bonds. The van der Waals surface area contributed by atoms with E-state index in [0.29, 0.717) is 12.5 Å². The second-order valence-corrected chi connectivity index (χ2v) is 4.25. The molecule has 1 aromatic heterocycles. The van der Waals surface area contributed by atoms with E-state index in [0.717, 1.165) is 0 Å². The fourth-order valence-corrected chi connectivity index (χ4v) is 2.23. The Morgan fingerprint density at radius 3 is 2.73 bits per heavy atom. The molecule has 0 bridgehead atoms. The van der Waals surface area contributed by atoms with E-state index in [-0.39, 0.29) is 0 Å². The summed E-state index contributed by atoms with van der Waals surface area (Å²) in [6.45, 7) is 0.662. The Labute approximate surface area is 87.9 Å². The van der Waals surface area contributed by atoms with Crippen LogP contribution in [0.4, 0.5) is 0 Å². The van der Waals surface area contributed by atoms with Gasteiger partial charge in [-0.15, -0.1) is 0 Å². The largest absolute Gasteiger partial charge is 0.312 e. The van der Waals surface area contributed by atoms with Crippen LogP contribution < -0.4 is 11.0 Å². The third-order valence-corrected chi connectivity index (χ3v) is 3.09. The Hall–Kier alpha value is -1.32. The van der Waals surface area contributed by atoms with E-state index >= 15 is 0 Å². The van der Waals surface area contributed by atoms with Crippen molar-refractivity contribution >= 4 is 0 Å². The lowest BCUT2D eigenvalue weighted by atomic mass is 9.89. The first-order chi connectivity index (χ1) is 7.27. The van der Waals surface area contributed by atoms with Gasteiger partial charge >= 0.3 is 5.56 Å². The van der Waals surface area contributed by atoms with Crippen LogP contribution in [0, 0.1) is 5.92 Å². The number of hydrogen-bond acceptors (Lipinski definition) is 2. The monoisotopic (exact) mass is 208 g/mol. The number of rotatable bonds is 2. The Morgan fingerprint density at radius 2 is 2.00 bits per heavy atom. The first-order valence-electron chi connectivity index (χ1n) is 5.56. The molecule has 0 atom stereocenters. The Bertz CT molecular complexity index is 427. The van der Waals surface area contributed by atoms with Crippen LogP contribution in [-0.2, 0) is 6.54 Å². The molecule has 1 heterocycles. The molecule has 4 heteroatoms. The van der Waals surface area contributed by atoms with Gasteiger partial charge in [0.2, 0.25) is 5.43 Å². The van der Waals surface area contributed by atoms with Crippen molar-refractivity contribution in [3.8, 4) is 0 Å². The van der Waals surface area contributed by atoms with Gasteiger partial charge in [-0.2, -0.15) is 0 Å². The highest BCUT2D eigenvalue weighted by Gasteiger charge is 2.14. The lowest BCUT2D eigenvalue weighted by Gasteiger charge is -2.21. The molecule has 2 rings (SSSR count). The van der Waals surface area contributed by atoms with Gasteiger partial charge in [-0.1, -0.05) is 19.3 Å². The summed E-state index contributed by atoms with van der Waals surface area (Å²) in [5.41, 5.74) is -0.854. The molecule has 1 aromatic rings. The SMILES string of the molecule is O=c1cc[nH]n(CC2CCCCC2)c1=O. The van der Waals surface area contributed by atoms with Gasteiger partial charge < -0.3 is 5.10 Å². The van der Waals surface area contributed by atoms with Crippen LogP contribution >= 0.6 is 0 Å². The molecular formula is C11H16N2O2. The van der Waals surface area contributed by atoms with E-state index in [2.05, 4.69) is 5.10 Å². The van der Waals surface area contributed by atoms with Crippen molar-refractivity contribution in [3.05, 3.63) is 32.8 Å². The van der Waals surface area contributed by atoms with Gasteiger partial charge in [0.25, 0.3) is 0 Å². The molecule has 0 aromatic carbocycles. The predicted molar refractivity (Wildman–Crippen MR) is 57.9 cm³/mol. The summed E-state index contributed by atoms with van der Waals surface area (Å²) >= 11 is 0. The standard InChI is InChI=1S/C11H16N2O2/c14-10-6-7-12-13(11(10)15)8-9-4-2-1-3-5-9/h6-7,9,12H,1-5,8H2. The molecule has 0 radical (unpaired) electrons. The highest BCUT2D eigenvalue weighted by atomic mass is 16.2. The third-order valence-electron chi connectivity index (χ3n) is 3.09. The average molecular weight is 208 g/mol. The number of aromatic amines is 1. The molecule has 1 saturated carbocycles. The number of H-pyrrole nitrogens is 1. The quantitative estimate of drug-likeness (QED) is 0.740. The van der Waals surface area contributed by atoms with E-state index < -0.39 is 11.0 Å². The van der Waals surface area contributed by atoms with Gasteiger partial charge in [0, 0.05) is 18.8 Å².